The van der Waals surface area contributed by atoms with Gasteiger partial charge in [0.15, 0.2) is 0 Å². The quantitative estimate of drug-likeness (QED) is 0.703. The molecule has 1 N–H and O–H groups in total. The Labute approximate surface area is 178 Å². The van der Waals surface area contributed by atoms with Crippen LogP contribution in [0.15, 0.2) is 24.3 Å². The summed E-state index contributed by atoms with van der Waals surface area (Å²) >= 11 is 0. The molecule has 0 radical (unpaired) electrons. The molecule has 0 spiro atoms. The van der Waals surface area contributed by atoms with Crippen molar-refractivity contribution in [2.75, 3.05) is 39.9 Å². The number of ether oxygens (including phenoxy) is 1. The second-order valence-corrected chi connectivity index (χ2v) is 8.52. The first-order chi connectivity index (χ1) is 14.5. The number of likely N-dealkylation sites (tertiary alicyclic amines) is 2. The lowest BCUT2D eigenvalue weighted by Crippen LogP contribution is -2.53. The highest BCUT2D eigenvalue weighted by Gasteiger charge is 2.36. The summed E-state index contributed by atoms with van der Waals surface area (Å²) in [7, 11) is 1.62. The number of benzene rings is 1. The molecule has 2 fully saturated rings. The van der Waals surface area contributed by atoms with Crippen LogP contribution < -0.4 is 5.32 Å². The maximum absolute atomic E-state index is 13.9. The van der Waals surface area contributed by atoms with E-state index in [0.717, 1.165) is 31.5 Å². The summed E-state index contributed by atoms with van der Waals surface area (Å²) in [6, 6.07) is 6.83. The SMILES string of the molecule is COCCN1C(=O)CC[C@@H](C(=O)NCC2CCN(Cc3ccccc3F)CC2)[C@H]1C. The molecule has 1 aromatic carbocycles. The van der Waals surface area contributed by atoms with Crippen LogP contribution in [0.4, 0.5) is 4.39 Å². The minimum absolute atomic E-state index is 0.0474. The molecule has 0 aromatic heterocycles. The van der Waals surface area contributed by atoms with Crippen LogP contribution in [0, 0.1) is 17.7 Å². The van der Waals surface area contributed by atoms with Crippen LogP contribution in [0.2, 0.25) is 0 Å². The first-order valence-electron chi connectivity index (χ1n) is 11.0. The summed E-state index contributed by atoms with van der Waals surface area (Å²) in [5.74, 6) is 0.278. The van der Waals surface area contributed by atoms with Gasteiger partial charge in [-0.1, -0.05) is 18.2 Å². The van der Waals surface area contributed by atoms with Crippen molar-refractivity contribution in [1.82, 2.24) is 15.1 Å². The van der Waals surface area contributed by atoms with Gasteiger partial charge in [0, 0.05) is 44.8 Å². The van der Waals surface area contributed by atoms with E-state index in [1.54, 1.807) is 18.1 Å². The number of hydrogen-bond acceptors (Lipinski definition) is 4. The number of hydrogen-bond donors (Lipinski definition) is 1. The van der Waals surface area contributed by atoms with Crippen LogP contribution in [0.1, 0.15) is 38.2 Å². The first kappa shape index (κ1) is 22.7. The molecular formula is C23H34FN3O3. The molecule has 0 unspecified atom stereocenters. The lowest BCUT2D eigenvalue weighted by molar-refractivity contribution is -0.143. The fraction of sp³-hybridized carbons (Fsp3) is 0.652. The summed E-state index contributed by atoms with van der Waals surface area (Å²) in [4.78, 5) is 29.0. The van der Waals surface area contributed by atoms with E-state index in [-0.39, 0.29) is 29.6 Å². The largest absolute Gasteiger partial charge is 0.383 e. The second kappa shape index (κ2) is 10.9. The Morgan fingerprint density at radius 1 is 1.23 bits per heavy atom. The van der Waals surface area contributed by atoms with Crippen LogP contribution in [0.25, 0.3) is 0 Å². The number of nitrogens with zero attached hydrogens (tertiary/aromatic N) is 2. The predicted molar refractivity (Wildman–Crippen MR) is 113 cm³/mol. The number of carbonyl (C=O) groups is 2. The van der Waals surface area contributed by atoms with Gasteiger partial charge in [0.1, 0.15) is 5.82 Å². The maximum Gasteiger partial charge on any atom is 0.225 e. The number of methoxy groups -OCH3 is 1. The molecule has 166 valence electrons. The van der Waals surface area contributed by atoms with E-state index in [1.807, 2.05) is 19.1 Å². The molecule has 0 saturated carbocycles. The molecule has 7 heteroatoms. The Balaban J connectivity index is 1.42. The fourth-order valence-electron chi connectivity index (χ4n) is 4.57. The summed E-state index contributed by atoms with van der Waals surface area (Å²) in [6.45, 7) is 6.09. The van der Waals surface area contributed by atoms with Crippen molar-refractivity contribution in [3.63, 3.8) is 0 Å². The topological polar surface area (TPSA) is 61.9 Å². The Bertz CT molecular complexity index is 721. The summed E-state index contributed by atoms with van der Waals surface area (Å²) in [5.41, 5.74) is 0.739. The molecule has 0 aliphatic carbocycles. The molecule has 6 nitrogen and oxygen atoms in total. The van der Waals surface area contributed by atoms with Crippen LogP contribution in [0.3, 0.4) is 0 Å². The number of halogens is 1. The molecule has 2 amide bonds. The van der Waals surface area contributed by atoms with E-state index in [4.69, 9.17) is 4.74 Å². The van der Waals surface area contributed by atoms with Crippen LogP contribution in [-0.4, -0.2) is 67.6 Å². The predicted octanol–water partition coefficient (Wildman–Crippen LogP) is 2.43. The zero-order valence-electron chi connectivity index (χ0n) is 18.1. The molecular weight excluding hydrogens is 385 g/mol. The van der Waals surface area contributed by atoms with Gasteiger partial charge in [-0.05, 0) is 51.3 Å². The normalized spacial score (nSPS) is 23.6. The highest BCUT2D eigenvalue weighted by Crippen LogP contribution is 2.25. The lowest BCUT2D eigenvalue weighted by atomic mass is 9.88. The number of amides is 2. The average Bonchev–Trinajstić information content (AvgIpc) is 2.74. The Morgan fingerprint density at radius 3 is 2.67 bits per heavy atom. The van der Waals surface area contributed by atoms with Crippen molar-refractivity contribution in [3.05, 3.63) is 35.6 Å². The van der Waals surface area contributed by atoms with E-state index in [1.165, 1.54) is 6.07 Å². The average molecular weight is 420 g/mol. The lowest BCUT2D eigenvalue weighted by Gasteiger charge is -2.38. The monoisotopic (exact) mass is 419 g/mol. The molecule has 2 atom stereocenters. The number of piperidine rings is 2. The van der Waals surface area contributed by atoms with Gasteiger partial charge >= 0.3 is 0 Å². The summed E-state index contributed by atoms with van der Waals surface area (Å²) in [5, 5.41) is 3.13. The Kier molecular flexibility index (Phi) is 8.22. The maximum atomic E-state index is 13.9. The zero-order valence-corrected chi connectivity index (χ0v) is 18.1. The number of rotatable bonds is 8. The highest BCUT2D eigenvalue weighted by atomic mass is 19.1. The third kappa shape index (κ3) is 5.79. The van der Waals surface area contributed by atoms with Crippen molar-refractivity contribution in [1.29, 1.82) is 0 Å². The Morgan fingerprint density at radius 2 is 1.97 bits per heavy atom. The van der Waals surface area contributed by atoms with Crippen LogP contribution in [0.5, 0.6) is 0 Å². The van der Waals surface area contributed by atoms with E-state index < -0.39 is 0 Å². The zero-order chi connectivity index (χ0) is 21.5. The van der Waals surface area contributed by atoms with Crippen molar-refractivity contribution in [2.45, 2.75) is 45.2 Å². The van der Waals surface area contributed by atoms with Gasteiger partial charge in [0.25, 0.3) is 0 Å². The van der Waals surface area contributed by atoms with E-state index in [2.05, 4.69) is 10.2 Å². The second-order valence-electron chi connectivity index (χ2n) is 8.52. The van der Waals surface area contributed by atoms with E-state index >= 15 is 0 Å². The molecule has 0 bridgehead atoms. The number of carbonyl (C=O) groups excluding carboxylic acids is 2. The molecule has 30 heavy (non-hydrogen) atoms. The van der Waals surface area contributed by atoms with Crippen LogP contribution in [-0.2, 0) is 20.9 Å². The summed E-state index contributed by atoms with van der Waals surface area (Å²) in [6.07, 6.45) is 3.01. The molecule has 2 heterocycles. The minimum Gasteiger partial charge on any atom is -0.383 e. The third-order valence-corrected chi connectivity index (χ3v) is 6.56. The smallest absolute Gasteiger partial charge is 0.225 e. The first-order valence-corrected chi connectivity index (χ1v) is 11.0. The summed E-state index contributed by atoms with van der Waals surface area (Å²) < 4.78 is 19.0. The van der Waals surface area contributed by atoms with Gasteiger partial charge in [-0.3, -0.25) is 14.5 Å². The van der Waals surface area contributed by atoms with Crippen molar-refractivity contribution >= 4 is 11.8 Å². The van der Waals surface area contributed by atoms with Gasteiger partial charge in [-0.15, -0.1) is 0 Å². The minimum atomic E-state index is -0.166. The van der Waals surface area contributed by atoms with Gasteiger partial charge in [0.05, 0.1) is 12.5 Å². The standard InChI is InChI=1S/C23H34FN3O3/c1-17-20(7-8-22(28)27(17)13-14-30-2)23(29)25-15-18-9-11-26(12-10-18)16-19-5-3-4-6-21(19)24/h3-6,17-18,20H,7-16H2,1-2H3,(H,25,29)/t17-,20-/m1/s1. The molecule has 3 rings (SSSR count). The Hall–Kier alpha value is -1.99. The fourth-order valence-corrected chi connectivity index (χ4v) is 4.57. The van der Waals surface area contributed by atoms with Gasteiger partial charge in [0.2, 0.25) is 11.8 Å². The molecule has 2 aliphatic heterocycles. The van der Waals surface area contributed by atoms with E-state index in [0.29, 0.717) is 45.0 Å². The van der Waals surface area contributed by atoms with Crippen molar-refractivity contribution in [3.8, 4) is 0 Å². The van der Waals surface area contributed by atoms with E-state index in [9.17, 15) is 14.0 Å². The van der Waals surface area contributed by atoms with Crippen molar-refractivity contribution in [2.24, 2.45) is 11.8 Å². The molecule has 1 aromatic rings. The third-order valence-electron chi connectivity index (χ3n) is 6.56. The van der Waals surface area contributed by atoms with Gasteiger partial charge in [-0.25, -0.2) is 4.39 Å². The molecule has 2 aliphatic rings. The van der Waals surface area contributed by atoms with Crippen molar-refractivity contribution < 1.29 is 18.7 Å². The molecule has 2 saturated heterocycles. The highest BCUT2D eigenvalue weighted by molar-refractivity contribution is 5.84. The van der Waals surface area contributed by atoms with Gasteiger partial charge in [-0.2, -0.15) is 0 Å². The van der Waals surface area contributed by atoms with Crippen LogP contribution >= 0.6 is 0 Å². The van der Waals surface area contributed by atoms with Gasteiger partial charge < -0.3 is 15.0 Å². The number of nitrogens with one attached hydrogen (secondary N) is 1.